The summed E-state index contributed by atoms with van der Waals surface area (Å²) in [6.45, 7) is 2.05. The minimum Gasteiger partial charge on any atom is -0.377 e. The molecule has 4 nitrogen and oxygen atoms in total. The highest BCUT2D eigenvalue weighted by Crippen LogP contribution is 2.30. The molecule has 0 saturated heterocycles. The van der Waals surface area contributed by atoms with Crippen molar-refractivity contribution in [3.63, 3.8) is 0 Å². The second-order valence-electron chi connectivity index (χ2n) is 6.13. The van der Waals surface area contributed by atoms with Gasteiger partial charge in [0.2, 0.25) is 0 Å². The van der Waals surface area contributed by atoms with Crippen LogP contribution < -0.4 is 5.32 Å². The van der Waals surface area contributed by atoms with Crippen LogP contribution in [0, 0.1) is 0 Å². The highest BCUT2D eigenvalue weighted by Gasteiger charge is 2.30. The van der Waals surface area contributed by atoms with Crippen LogP contribution in [-0.4, -0.2) is 18.7 Å². The number of benzene rings is 1. The van der Waals surface area contributed by atoms with E-state index >= 15 is 0 Å². The summed E-state index contributed by atoms with van der Waals surface area (Å²) in [5, 5.41) is 3.16. The Balaban J connectivity index is 1.74. The van der Waals surface area contributed by atoms with Crippen molar-refractivity contribution in [2.45, 2.75) is 48.8 Å². The fraction of sp³-hybridized carbons (Fsp3) is 0.389. The van der Waals surface area contributed by atoms with E-state index in [-0.39, 0.29) is 11.3 Å². The molecule has 1 aromatic carbocycles. The summed E-state index contributed by atoms with van der Waals surface area (Å²) in [5.74, 6) is 0. The Hall–Kier alpha value is -1.88. The maximum atomic E-state index is 12.6. The Kier molecular flexibility index (Phi) is 4.66. The molecule has 1 atom stereocenters. The molecular weight excluding hydrogens is 308 g/mol. The Morgan fingerprint density at radius 3 is 2.43 bits per heavy atom. The third-order valence-corrected chi connectivity index (χ3v) is 6.77. The summed E-state index contributed by atoms with van der Waals surface area (Å²) in [7, 11) is -3.17. The van der Waals surface area contributed by atoms with E-state index in [1.54, 1.807) is 24.5 Å². The lowest BCUT2D eigenvalue weighted by molar-refractivity contribution is 0.579. The average molecular weight is 330 g/mol. The topological polar surface area (TPSA) is 59.1 Å². The normalized spacial score (nSPS) is 17.1. The molecule has 1 aliphatic carbocycles. The van der Waals surface area contributed by atoms with Gasteiger partial charge in [-0.3, -0.25) is 4.98 Å². The molecule has 3 rings (SSSR count). The molecule has 1 aromatic heterocycles. The van der Waals surface area contributed by atoms with Crippen molar-refractivity contribution < 1.29 is 8.42 Å². The average Bonchev–Trinajstić information content (AvgIpc) is 3.11. The predicted octanol–water partition coefficient (Wildman–Crippen LogP) is 3.97. The van der Waals surface area contributed by atoms with Crippen molar-refractivity contribution in [1.29, 1.82) is 0 Å². The number of nitrogens with zero attached hydrogens (tertiary/aromatic N) is 1. The third-order valence-electron chi connectivity index (χ3n) is 4.49. The van der Waals surface area contributed by atoms with Crippen LogP contribution in [0.2, 0.25) is 0 Å². The van der Waals surface area contributed by atoms with Crippen molar-refractivity contribution in [2.75, 3.05) is 5.32 Å². The number of anilines is 1. The van der Waals surface area contributed by atoms with Gasteiger partial charge in [-0.05, 0) is 49.6 Å². The SMILES string of the molecule is C[C@@H](Nc1cccnc1)c1ccc(S(=O)(=O)C2CCCC2)cc1. The molecule has 1 fully saturated rings. The molecule has 5 heteroatoms. The third kappa shape index (κ3) is 3.55. The van der Waals surface area contributed by atoms with Gasteiger partial charge in [0.05, 0.1) is 15.8 Å². The first-order chi connectivity index (χ1) is 11.1. The van der Waals surface area contributed by atoms with Gasteiger partial charge in [0.1, 0.15) is 0 Å². The summed E-state index contributed by atoms with van der Waals surface area (Å²) >= 11 is 0. The highest BCUT2D eigenvalue weighted by atomic mass is 32.2. The van der Waals surface area contributed by atoms with E-state index in [4.69, 9.17) is 0 Å². The molecule has 0 amide bonds. The zero-order valence-electron chi connectivity index (χ0n) is 13.3. The number of sulfone groups is 1. The summed E-state index contributed by atoms with van der Waals surface area (Å²) in [6, 6.07) is 11.2. The van der Waals surface area contributed by atoms with E-state index in [2.05, 4.69) is 10.3 Å². The van der Waals surface area contributed by atoms with Crippen LogP contribution in [0.4, 0.5) is 5.69 Å². The number of pyridine rings is 1. The van der Waals surface area contributed by atoms with Gasteiger partial charge in [-0.25, -0.2) is 8.42 Å². The van der Waals surface area contributed by atoms with Crippen LogP contribution in [-0.2, 0) is 9.84 Å². The number of aromatic nitrogens is 1. The van der Waals surface area contributed by atoms with Crippen molar-refractivity contribution in [3.05, 3.63) is 54.4 Å². The van der Waals surface area contributed by atoms with Crippen molar-refractivity contribution in [3.8, 4) is 0 Å². The molecule has 0 spiro atoms. The van der Waals surface area contributed by atoms with E-state index in [1.807, 2.05) is 31.2 Å². The molecule has 0 aliphatic heterocycles. The van der Waals surface area contributed by atoms with Crippen molar-refractivity contribution >= 4 is 15.5 Å². The Morgan fingerprint density at radius 2 is 1.83 bits per heavy atom. The Labute approximate surface area is 137 Å². The molecule has 1 heterocycles. The highest BCUT2D eigenvalue weighted by molar-refractivity contribution is 7.92. The zero-order valence-corrected chi connectivity index (χ0v) is 14.1. The van der Waals surface area contributed by atoms with E-state index < -0.39 is 9.84 Å². The molecule has 0 bridgehead atoms. The number of nitrogens with one attached hydrogen (secondary N) is 1. The first-order valence-electron chi connectivity index (χ1n) is 8.08. The van der Waals surface area contributed by atoms with Gasteiger partial charge >= 0.3 is 0 Å². The first-order valence-corrected chi connectivity index (χ1v) is 9.62. The van der Waals surface area contributed by atoms with Gasteiger partial charge in [-0.1, -0.05) is 25.0 Å². The lowest BCUT2D eigenvalue weighted by Gasteiger charge is -2.16. The molecular formula is C18H22N2O2S. The molecule has 1 aliphatic rings. The molecule has 23 heavy (non-hydrogen) atoms. The maximum absolute atomic E-state index is 12.6. The van der Waals surface area contributed by atoms with Crippen LogP contribution >= 0.6 is 0 Å². The molecule has 0 radical (unpaired) electrons. The lowest BCUT2D eigenvalue weighted by atomic mass is 10.1. The number of hydrogen-bond acceptors (Lipinski definition) is 4. The molecule has 1 N–H and O–H groups in total. The van der Waals surface area contributed by atoms with Gasteiger partial charge in [0, 0.05) is 18.4 Å². The monoisotopic (exact) mass is 330 g/mol. The molecule has 2 aromatic rings. The van der Waals surface area contributed by atoms with Gasteiger partial charge in [0.25, 0.3) is 0 Å². The molecule has 122 valence electrons. The lowest BCUT2D eigenvalue weighted by Crippen LogP contribution is -2.18. The van der Waals surface area contributed by atoms with E-state index in [1.165, 1.54) is 0 Å². The standard InChI is InChI=1S/C18H22N2O2S/c1-14(20-16-5-4-12-19-13-16)15-8-10-18(11-9-15)23(21,22)17-6-2-3-7-17/h4-5,8-14,17,20H,2-3,6-7H2,1H3/t14-/m1/s1. The van der Waals surface area contributed by atoms with Crippen LogP contribution in [0.25, 0.3) is 0 Å². The second kappa shape index (κ2) is 6.71. The largest absolute Gasteiger partial charge is 0.377 e. The van der Waals surface area contributed by atoms with Gasteiger partial charge in [-0.15, -0.1) is 0 Å². The van der Waals surface area contributed by atoms with Crippen LogP contribution in [0.3, 0.4) is 0 Å². The van der Waals surface area contributed by atoms with Crippen LogP contribution in [0.1, 0.15) is 44.2 Å². The number of hydrogen-bond donors (Lipinski definition) is 1. The summed E-state index contributed by atoms with van der Waals surface area (Å²) in [4.78, 5) is 4.53. The first kappa shape index (κ1) is 16.0. The van der Waals surface area contributed by atoms with Crippen LogP contribution in [0.5, 0.6) is 0 Å². The predicted molar refractivity (Wildman–Crippen MR) is 92.2 cm³/mol. The fourth-order valence-corrected chi connectivity index (χ4v) is 4.97. The van der Waals surface area contributed by atoms with Gasteiger partial charge in [0.15, 0.2) is 9.84 Å². The summed E-state index contributed by atoms with van der Waals surface area (Å²) in [5.41, 5.74) is 2.00. The summed E-state index contributed by atoms with van der Waals surface area (Å²) < 4.78 is 25.2. The van der Waals surface area contributed by atoms with E-state index in [9.17, 15) is 8.42 Å². The smallest absolute Gasteiger partial charge is 0.181 e. The van der Waals surface area contributed by atoms with Crippen molar-refractivity contribution in [1.82, 2.24) is 4.98 Å². The second-order valence-corrected chi connectivity index (χ2v) is 8.36. The zero-order chi connectivity index (χ0) is 16.3. The minimum atomic E-state index is -3.17. The fourth-order valence-electron chi connectivity index (χ4n) is 3.12. The number of rotatable bonds is 5. The summed E-state index contributed by atoms with van der Waals surface area (Å²) in [6.07, 6.45) is 7.14. The quantitative estimate of drug-likeness (QED) is 0.901. The maximum Gasteiger partial charge on any atom is 0.181 e. The molecule has 1 saturated carbocycles. The van der Waals surface area contributed by atoms with Crippen molar-refractivity contribution in [2.24, 2.45) is 0 Å². The van der Waals surface area contributed by atoms with E-state index in [0.717, 1.165) is 36.9 Å². The Morgan fingerprint density at radius 1 is 1.13 bits per heavy atom. The minimum absolute atomic E-state index is 0.0856. The van der Waals surface area contributed by atoms with Gasteiger partial charge < -0.3 is 5.32 Å². The van der Waals surface area contributed by atoms with E-state index in [0.29, 0.717) is 4.90 Å². The Bertz CT molecular complexity index is 736. The molecule has 0 unspecified atom stereocenters. The van der Waals surface area contributed by atoms with Crippen LogP contribution in [0.15, 0.2) is 53.7 Å². The van der Waals surface area contributed by atoms with Gasteiger partial charge in [-0.2, -0.15) is 0 Å².